The number of allylic oxidation sites excluding steroid dienone is 2. The summed E-state index contributed by atoms with van der Waals surface area (Å²) in [6.07, 6.45) is 4.30. The van der Waals surface area contributed by atoms with Crippen molar-refractivity contribution in [2.24, 2.45) is 11.8 Å². The molecule has 0 spiro atoms. The molecule has 2 atom stereocenters. The van der Waals surface area contributed by atoms with Crippen molar-refractivity contribution in [3.05, 3.63) is 77.9 Å². The number of aliphatic carboxylic acids is 1. The summed E-state index contributed by atoms with van der Waals surface area (Å²) in [5, 5.41) is 15.0. The fourth-order valence-corrected chi connectivity index (χ4v) is 3.27. The zero-order valence-corrected chi connectivity index (χ0v) is 15.3. The van der Waals surface area contributed by atoms with Gasteiger partial charge >= 0.3 is 5.97 Å². The van der Waals surface area contributed by atoms with E-state index in [-0.39, 0.29) is 11.8 Å². The Labute approximate surface area is 163 Å². The third-order valence-electron chi connectivity index (χ3n) is 4.81. The summed E-state index contributed by atoms with van der Waals surface area (Å²) in [5.74, 6) is -3.11. The number of amides is 2. The van der Waals surface area contributed by atoms with Crippen molar-refractivity contribution in [3.63, 3.8) is 0 Å². The van der Waals surface area contributed by atoms with Crippen LogP contribution in [0.5, 0.6) is 0 Å². The summed E-state index contributed by atoms with van der Waals surface area (Å²) in [5.41, 5.74) is 1.68. The van der Waals surface area contributed by atoms with Crippen LogP contribution >= 0.6 is 0 Å². The monoisotopic (exact) mass is 378 g/mol. The molecule has 1 aliphatic rings. The summed E-state index contributed by atoms with van der Waals surface area (Å²) >= 11 is 0. The highest BCUT2D eigenvalue weighted by Gasteiger charge is 2.34. The van der Waals surface area contributed by atoms with Crippen LogP contribution in [-0.4, -0.2) is 22.9 Å². The van der Waals surface area contributed by atoms with Gasteiger partial charge in [-0.05, 0) is 30.5 Å². The number of carbonyl (C=O) groups is 3. The first kappa shape index (κ1) is 19.4. The van der Waals surface area contributed by atoms with Crippen LogP contribution in [0, 0.1) is 11.8 Å². The summed E-state index contributed by atoms with van der Waals surface area (Å²) in [7, 11) is 0. The molecule has 6 nitrogen and oxygen atoms in total. The first-order valence-corrected chi connectivity index (χ1v) is 9.16. The Morgan fingerprint density at radius 1 is 0.893 bits per heavy atom. The van der Waals surface area contributed by atoms with E-state index in [1.165, 1.54) is 0 Å². The van der Waals surface area contributed by atoms with Gasteiger partial charge in [0.15, 0.2) is 0 Å². The highest BCUT2D eigenvalue weighted by molar-refractivity contribution is 6.04. The van der Waals surface area contributed by atoms with Crippen molar-refractivity contribution >= 4 is 23.5 Å². The molecular weight excluding hydrogens is 356 g/mol. The van der Waals surface area contributed by atoms with Gasteiger partial charge in [0, 0.05) is 6.54 Å². The lowest BCUT2D eigenvalue weighted by atomic mass is 9.82. The third-order valence-corrected chi connectivity index (χ3v) is 4.81. The fourth-order valence-electron chi connectivity index (χ4n) is 3.27. The van der Waals surface area contributed by atoms with Crippen molar-refractivity contribution in [2.45, 2.75) is 19.4 Å². The number of hydrogen-bond acceptors (Lipinski definition) is 3. The Morgan fingerprint density at radius 3 is 2.25 bits per heavy atom. The van der Waals surface area contributed by atoms with E-state index in [0.717, 1.165) is 5.56 Å². The molecule has 2 amide bonds. The lowest BCUT2D eigenvalue weighted by molar-refractivity contribution is -0.146. The molecule has 144 valence electrons. The molecule has 28 heavy (non-hydrogen) atoms. The van der Waals surface area contributed by atoms with E-state index in [1.54, 1.807) is 30.3 Å². The standard InChI is InChI=1S/C22H22N2O4/c25-20(23-14-15-8-2-1-3-9-15)18-12-6-7-13-19(18)24-21(26)16-10-4-5-11-17(16)22(27)28/h1-9,12-13,16-17H,10-11,14H2,(H,23,25)(H,24,26)(H,27,28)/t16-,17+/m1/s1. The fraction of sp³-hybridized carbons (Fsp3) is 0.227. The van der Waals surface area contributed by atoms with Gasteiger partial charge in [-0.15, -0.1) is 0 Å². The number of carbonyl (C=O) groups excluding carboxylic acids is 2. The molecule has 3 N–H and O–H groups in total. The maximum atomic E-state index is 12.7. The number of carboxylic acid groups (broad SMARTS) is 1. The minimum Gasteiger partial charge on any atom is -0.481 e. The van der Waals surface area contributed by atoms with E-state index in [2.05, 4.69) is 10.6 Å². The Morgan fingerprint density at radius 2 is 1.54 bits per heavy atom. The normalized spacial score (nSPS) is 18.3. The van der Waals surface area contributed by atoms with E-state index in [9.17, 15) is 19.5 Å². The van der Waals surface area contributed by atoms with Crippen LogP contribution in [-0.2, 0) is 16.1 Å². The summed E-state index contributed by atoms with van der Waals surface area (Å²) in [4.78, 5) is 36.7. The van der Waals surface area contributed by atoms with Gasteiger partial charge in [0.25, 0.3) is 5.91 Å². The number of hydrogen-bond donors (Lipinski definition) is 3. The molecule has 0 radical (unpaired) electrons. The van der Waals surface area contributed by atoms with Gasteiger partial charge in [0.2, 0.25) is 5.91 Å². The SMILES string of the molecule is O=C(NCc1ccccc1)c1ccccc1NC(=O)[C@@H]1CC=CC[C@@H]1C(=O)O. The minimum absolute atomic E-state index is 0.307. The van der Waals surface area contributed by atoms with Crippen molar-refractivity contribution in [1.29, 1.82) is 0 Å². The van der Waals surface area contributed by atoms with Gasteiger partial charge < -0.3 is 15.7 Å². The smallest absolute Gasteiger partial charge is 0.307 e. The van der Waals surface area contributed by atoms with Gasteiger partial charge in [0.1, 0.15) is 0 Å². The molecule has 0 unspecified atom stereocenters. The van der Waals surface area contributed by atoms with E-state index < -0.39 is 17.8 Å². The average Bonchev–Trinajstić information content (AvgIpc) is 2.73. The first-order chi connectivity index (χ1) is 13.6. The molecule has 3 rings (SSSR count). The molecule has 0 aromatic heterocycles. The van der Waals surface area contributed by atoms with Crippen LogP contribution in [0.4, 0.5) is 5.69 Å². The highest BCUT2D eigenvalue weighted by atomic mass is 16.4. The molecule has 6 heteroatoms. The number of carboxylic acids is 1. The van der Waals surface area contributed by atoms with E-state index in [4.69, 9.17) is 0 Å². The van der Waals surface area contributed by atoms with Crippen molar-refractivity contribution in [2.75, 3.05) is 5.32 Å². The maximum Gasteiger partial charge on any atom is 0.307 e. The molecule has 2 aromatic carbocycles. The molecule has 0 bridgehead atoms. The highest BCUT2D eigenvalue weighted by Crippen LogP contribution is 2.28. The molecule has 0 saturated carbocycles. The van der Waals surface area contributed by atoms with Crippen LogP contribution in [0.15, 0.2) is 66.7 Å². The molecule has 0 heterocycles. The second kappa shape index (κ2) is 8.99. The van der Waals surface area contributed by atoms with Crippen molar-refractivity contribution in [3.8, 4) is 0 Å². The number of benzene rings is 2. The number of anilines is 1. The zero-order chi connectivity index (χ0) is 19.9. The van der Waals surface area contributed by atoms with Gasteiger partial charge in [-0.25, -0.2) is 0 Å². The van der Waals surface area contributed by atoms with Gasteiger partial charge in [-0.1, -0.05) is 54.6 Å². The lowest BCUT2D eigenvalue weighted by Crippen LogP contribution is -2.35. The lowest BCUT2D eigenvalue weighted by Gasteiger charge is -2.24. The van der Waals surface area contributed by atoms with E-state index in [1.807, 2.05) is 36.4 Å². The van der Waals surface area contributed by atoms with Crippen LogP contribution in [0.25, 0.3) is 0 Å². The van der Waals surface area contributed by atoms with Crippen LogP contribution in [0.3, 0.4) is 0 Å². The summed E-state index contributed by atoms with van der Waals surface area (Å²) in [6.45, 7) is 0.371. The maximum absolute atomic E-state index is 12.7. The molecule has 0 aliphatic heterocycles. The average molecular weight is 378 g/mol. The predicted molar refractivity (Wildman–Crippen MR) is 106 cm³/mol. The quantitative estimate of drug-likeness (QED) is 0.673. The van der Waals surface area contributed by atoms with Crippen LogP contribution < -0.4 is 10.6 Å². The number of nitrogens with one attached hydrogen (secondary N) is 2. The Hall–Kier alpha value is -3.41. The van der Waals surface area contributed by atoms with Crippen LogP contribution in [0.1, 0.15) is 28.8 Å². The van der Waals surface area contributed by atoms with Gasteiger partial charge in [-0.2, -0.15) is 0 Å². The number of rotatable bonds is 6. The summed E-state index contributed by atoms with van der Waals surface area (Å²) < 4.78 is 0. The molecule has 1 aliphatic carbocycles. The molecule has 2 aromatic rings. The van der Waals surface area contributed by atoms with Gasteiger partial charge in [0.05, 0.1) is 23.1 Å². The summed E-state index contributed by atoms with van der Waals surface area (Å²) in [6, 6.07) is 16.2. The Balaban J connectivity index is 1.71. The Bertz CT molecular complexity index is 892. The van der Waals surface area contributed by atoms with E-state index in [0.29, 0.717) is 30.6 Å². The second-order valence-electron chi connectivity index (χ2n) is 6.70. The second-order valence-corrected chi connectivity index (χ2v) is 6.70. The first-order valence-electron chi connectivity index (χ1n) is 9.16. The largest absolute Gasteiger partial charge is 0.481 e. The van der Waals surface area contributed by atoms with Crippen molar-refractivity contribution in [1.82, 2.24) is 5.32 Å². The molecule has 0 fully saturated rings. The van der Waals surface area contributed by atoms with E-state index >= 15 is 0 Å². The van der Waals surface area contributed by atoms with Crippen LogP contribution in [0.2, 0.25) is 0 Å². The topological polar surface area (TPSA) is 95.5 Å². The Kier molecular flexibility index (Phi) is 6.22. The third kappa shape index (κ3) is 4.65. The predicted octanol–water partition coefficient (Wildman–Crippen LogP) is 3.22. The van der Waals surface area contributed by atoms with Gasteiger partial charge in [-0.3, -0.25) is 14.4 Å². The molecule has 0 saturated heterocycles. The minimum atomic E-state index is -0.988. The zero-order valence-electron chi connectivity index (χ0n) is 15.3. The molecular formula is C22H22N2O4. The number of para-hydroxylation sites is 1. The van der Waals surface area contributed by atoms with Crippen molar-refractivity contribution < 1.29 is 19.5 Å².